The number of phenolic OH excluding ortho intramolecular Hbond substituents is 1. The average molecular weight is 344 g/mol. The van der Waals surface area contributed by atoms with Gasteiger partial charge < -0.3 is 21.3 Å². The molecule has 0 radical (unpaired) electrons. The molecule has 1 aromatic rings. The second-order valence-electron chi connectivity index (χ2n) is 6.00. The molecule has 1 unspecified atom stereocenters. The van der Waals surface area contributed by atoms with E-state index in [0.29, 0.717) is 11.3 Å². The molecule has 5 N–H and O–H groups in total. The third-order valence-electron chi connectivity index (χ3n) is 4.06. The first-order valence-corrected chi connectivity index (χ1v) is 7.73. The Bertz CT molecular complexity index is 751. The van der Waals surface area contributed by atoms with Crippen molar-refractivity contribution >= 4 is 17.7 Å². The third kappa shape index (κ3) is 4.13. The maximum atomic E-state index is 12.7. The van der Waals surface area contributed by atoms with Gasteiger partial charge in [-0.3, -0.25) is 14.4 Å². The molecule has 1 aromatic carbocycles. The van der Waals surface area contributed by atoms with Crippen molar-refractivity contribution < 1.29 is 24.6 Å². The van der Waals surface area contributed by atoms with Crippen molar-refractivity contribution in [3.63, 3.8) is 0 Å². The monoisotopic (exact) mass is 344 g/mol. The van der Waals surface area contributed by atoms with Crippen LogP contribution in [-0.2, 0) is 20.8 Å². The predicted octanol–water partition coefficient (Wildman–Crippen LogP) is 0.882. The number of ketones is 1. The first kappa shape index (κ1) is 18.4. The number of benzene rings is 1. The Balaban J connectivity index is 2.17. The molecular weight excluding hydrogens is 324 g/mol. The van der Waals surface area contributed by atoms with Crippen LogP contribution >= 0.6 is 0 Å². The number of carboxylic acids is 1. The maximum absolute atomic E-state index is 12.7. The molecule has 1 amide bonds. The van der Waals surface area contributed by atoms with Crippen LogP contribution in [0.2, 0.25) is 0 Å². The first-order valence-electron chi connectivity index (χ1n) is 7.73. The van der Waals surface area contributed by atoms with Crippen molar-refractivity contribution in [2.24, 2.45) is 11.1 Å². The number of Topliss-reactive ketones (excluding diaryl/α,β-unsaturated/α-hetero) is 1. The van der Waals surface area contributed by atoms with Crippen molar-refractivity contribution in [1.29, 1.82) is 0 Å². The highest BCUT2D eigenvalue weighted by Crippen LogP contribution is 2.32. The SMILES string of the molecule is CC(=O)NC1=CCC(C(=O)O)(C(=O)[C@@H](N)Cc2ccc(O)cc2)C=C1. The summed E-state index contributed by atoms with van der Waals surface area (Å²) < 4.78 is 0. The summed E-state index contributed by atoms with van der Waals surface area (Å²) in [5.74, 6) is -2.08. The Kier molecular flexibility index (Phi) is 5.38. The summed E-state index contributed by atoms with van der Waals surface area (Å²) in [6, 6.07) is 5.19. The molecule has 25 heavy (non-hydrogen) atoms. The van der Waals surface area contributed by atoms with Crippen LogP contribution in [0.5, 0.6) is 5.75 Å². The minimum atomic E-state index is -1.75. The Morgan fingerprint density at radius 1 is 1.28 bits per heavy atom. The van der Waals surface area contributed by atoms with E-state index in [4.69, 9.17) is 5.73 Å². The number of nitrogens with two attached hydrogens (primary N) is 1. The number of hydrogen-bond donors (Lipinski definition) is 4. The number of hydrogen-bond acceptors (Lipinski definition) is 5. The Morgan fingerprint density at radius 2 is 1.92 bits per heavy atom. The fourth-order valence-corrected chi connectivity index (χ4v) is 2.69. The zero-order valence-corrected chi connectivity index (χ0v) is 13.7. The average Bonchev–Trinajstić information content (AvgIpc) is 2.56. The Morgan fingerprint density at radius 3 is 2.40 bits per heavy atom. The van der Waals surface area contributed by atoms with E-state index < -0.39 is 23.2 Å². The Labute approximate surface area is 144 Å². The number of aliphatic carboxylic acids is 1. The quantitative estimate of drug-likeness (QED) is 0.567. The van der Waals surface area contributed by atoms with Gasteiger partial charge in [-0.2, -0.15) is 0 Å². The van der Waals surface area contributed by atoms with Crippen molar-refractivity contribution in [2.75, 3.05) is 0 Å². The van der Waals surface area contributed by atoms with Gasteiger partial charge in [-0.05, 0) is 36.6 Å². The zero-order chi connectivity index (χ0) is 18.6. The molecule has 2 atom stereocenters. The number of allylic oxidation sites excluding steroid dienone is 2. The van der Waals surface area contributed by atoms with E-state index in [-0.39, 0.29) is 24.5 Å². The van der Waals surface area contributed by atoms with Gasteiger partial charge in [-0.25, -0.2) is 0 Å². The van der Waals surface area contributed by atoms with Gasteiger partial charge >= 0.3 is 5.97 Å². The minimum absolute atomic E-state index is 0.0867. The van der Waals surface area contributed by atoms with Gasteiger partial charge in [0.1, 0.15) is 11.2 Å². The van der Waals surface area contributed by atoms with Gasteiger partial charge in [0.05, 0.1) is 6.04 Å². The number of aromatic hydroxyl groups is 1. The minimum Gasteiger partial charge on any atom is -0.508 e. The van der Waals surface area contributed by atoms with Crippen LogP contribution < -0.4 is 11.1 Å². The summed E-state index contributed by atoms with van der Waals surface area (Å²) >= 11 is 0. The van der Waals surface area contributed by atoms with E-state index in [9.17, 15) is 24.6 Å². The van der Waals surface area contributed by atoms with Gasteiger partial charge in [0.15, 0.2) is 5.78 Å². The van der Waals surface area contributed by atoms with Crippen LogP contribution in [0.4, 0.5) is 0 Å². The summed E-state index contributed by atoms with van der Waals surface area (Å²) in [5.41, 5.74) is 5.37. The first-order chi connectivity index (χ1) is 11.7. The summed E-state index contributed by atoms with van der Waals surface area (Å²) in [6.07, 6.45) is 4.26. The highest BCUT2D eigenvalue weighted by atomic mass is 16.4. The fraction of sp³-hybridized carbons (Fsp3) is 0.278. The highest BCUT2D eigenvalue weighted by molar-refractivity contribution is 6.08. The smallest absolute Gasteiger partial charge is 0.321 e. The van der Waals surface area contributed by atoms with Gasteiger partial charge in [0.2, 0.25) is 5.91 Å². The van der Waals surface area contributed by atoms with Gasteiger partial charge in [0, 0.05) is 12.6 Å². The number of nitrogens with one attached hydrogen (secondary N) is 1. The lowest BCUT2D eigenvalue weighted by Gasteiger charge is -2.29. The molecule has 0 bridgehead atoms. The molecule has 0 aromatic heterocycles. The molecule has 2 rings (SSSR count). The van der Waals surface area contributed by atoms with Crippen molar-refractivity contribution in [2.45, 2.75) is 25.8 Å². The van der Waals surface area contributed by atoms with Gasteiger partial charge in [-0.1, -0.05) is 24.3 Å². The van der Waals surface area contributed by atoms with Gasteiger partial charge in [0.25, 0.3) is 0 Å². The molecule has 0 fully saturated rings. The van der Waals surface area contributed by atoms with Crippen LogP contribution in [0, 0.1) is 5.41 Å². The Hall–Kier alpha value is -2.93. The number of carbonyl (C=O) groups excluding carboxylic acids is 2. The molecule has 132 valence electrons. The molecule has 0 saturated carbocycles. The number of phenols is 1. The standard InChI is InChI=1S/C18H20N2O5/c1-11(21)20-13-6-8-18(9-7-13,17(24)25)16(23)15(19)10-12-2-4-14(22)5-3-12/h2-8,15,22H,9-10,19H2,1H3,(H,20,21)(H,24,25)/t15-,18?/m0/s1. The maximum Gasteiger partial charge on any atom is 0.321 e. The molecule has 7 nitrogen and oxygen atoms in total. The van der Waals surface area contributed by atoms with Crippen LogP contribution in [0.3, 0.4) is 0 Å². The lowest BCUT2D eigenvalue weighted by Crippen LogP contribution is -2.48. The van der Waals surface area contributed by atoms with Crippen LogP contribution in [0.15, 0.2) is 48.2 Å². The molecule has 7 heteroatoms. The molecular formula is C18H20N2O5. The van der Waals surface area contributed by atoms with E-state index >= 15 is 0 Å². The molecule has 0 saturated heterocycles. The summed E-state index contributed by atoms with van der Waals surface area (Å²) in [7, 11) is 0. The normalized spacial score (nSPS) is 20.5. The van der Waals surface area contributed by atoms with E-state index in [1.165, 1.54) is 37.3 Å². The predicted molar refractivity (Wildman–Crippen MR) is 90.5 cm³/mol. The van der Waals surface area contributed by atoms with Crippen LogP contribution in [0.1, 0.15) is 18.9 Å². The van der Waals surface area contributed by atoms with Crippen molar-refractivity contribution in [3.8, 4) is 5.75 Å². The molecule has 0 spiro atoms. The lowest BCUT2D eigenvalue weighted by atomic mass is 9.74. The van der Waals surface area contributed by atoms with Crippen LogP contribution in [-0.4, -0.2) is 33.9 Å². The molecule has 0 aliphatic heterocycles. The third-order valence-corrected chi connectivity index (χ3v) is 4.06. The highest BCUT2D eigenvalue weighted by Gasteiger charge is 2.46. The second-order valence-corrected chi connectivity index (χ2v) is 6.00. The molecule has 0 heterocycles. The number of carbonyl (C=O) groups is 3. The number of rotatable bonds is 6. The molecule has 1 aliphatic carbocycles. The molecule has 1 aliphatic rings. The summed E-state index contributed by atoms with van der Waals surface area (Å²) in [4.78, 5) is 35.6. The zero-order valence-electron chi connectivity index (χ0n) is 13.7. The largest absolute Gasteiger partial charge is 0.508 e. The summed E-state index contributed by atoms with van der Waals surface area (Å²) in [6.45, 7) is 1.34. The number of carboxylic acid groups (broad SMARTS) is 1. The second kappa shape index (κ2) is 7.31. The lowest BCUT2D eigenvalue weighted by molar-refractivity contribution is -0.152. The number of amides is 1. The van der Waals surface area contributed by atoms with Crippen molar-refractivity contribution in [3.05, 3.63) is 53.8 Å². The fourth-order valence-electron chi connectivity index (χ4n) is 2.69. The van der Waals surface area contributed by atoms with E-state index in [1.54, 1.807) is 12.1 Å². The van der Waals surface area contributed by atoms with E-state index in [0.717, 1.165) is 0 Å². The van der Waals surface area contributed by atoms with Crippen LogP contribution in [0.25, 0.3) is 0 Å². The van der Waals surface area contributed by atoms with E-state index in [1.807, 2.05) is 0 Å². The van der Waals surface area contributed by atoms with E-state index in [2.05, 4.69) is 5.32 Å². The summed E-state index contributed by atoms with van der Waals surface area (Å²) in [5, 5.41) is 21.4. The van der Waals surface area contributed by atoms with Crippen molar-refractivity contribution in [1.82, 2.24) is 5.32 Å². The van der Waals surface area contributed by atoms with Gasteiger partial charge in [-0.15, -0.1) is 0 Å². The topological polar surface area (TPSA) is 130 Å².